The Balaban J connectivity index is 1.45. The van der Waals surface area contributed by atoms with Crippen molar-refractivity contribution < 1.29 is 17.7 Å². The molecule has 1 saturated heterocycles. The van der Waals surface area contributed by atoms with Crippen molar-refractivity contribution in [2.75, 3.05) is 37.5 Å². The summed E-state index contributed by atoms with van der Waals surface area (Å²) in [6.45, 7) is 3.90. The van der Waals surface area contributed by atoms with Crippen LogP contribution in [0.15, 0.2) is 64.7 Å². The molecule has 0 radical (unpaired) electrons. The number of aliphatic imine (C=N–C) groups is 2. The second kappa shape index (κ2) is 9.90. The van der Waals surface area contributed by atoms with Crippen molar-refractivity contribution in [3.63, 3.8) is 0 Å². The van der Waals surface area contributed by atoms with Crippen LogP contribution in [0.3, 0.4) is 0 Å². The van der Waals surface area contributed by atoms with E-state index in [1.807, 2.05) is 41.0 Å². The first-order valence-corrected chi connectivity index (χ1v) is 13.5. The molecule has 3 heterocycles. The van der Waals surface area contributed by atoms with Crippen LogP contribution >= 0.6 is 11.6 Å². The molecule has 1 aromatic heterocycles. The van der Waals surface area contributed by atoms with Gasteiger partial charge in [-0.05, 0) is 47.5 Å². The van der Waals surface area contributed by atoms with Crippen molar-refractivity contribution in [1.82, 2.24) is 9.71 Å². The quantitative estimate of drug-likeness (QED) is 0.494. The van der Waals surface area contributed by atoms with Gasteiger partial charge in [0, 0.05) is 30.9 Å². The molecule has 2 aromatic carbocycles. The number of benzene rings is 2. The van der Waals surface area contributed by atoms with E-state index < -0.39 is 10.0 Å². The van der Waals surface area contributed by atoms with Gasteiger partial charge < -0.3 is 9.64 Å². The molecule has 0 saturated carbocycles. The summed E-state index contributed by atoms with van der Waals surface area (Å²) < 4.78 is 32.9. The smallest absolute Gasteiger partial charge is 0.326 e. The molecule has 5 rings (SSSR count). The number of fused-ring (bicyclic) bond motifs is 1. The second-order valence-electron chi connectivity index (χ2n) is 8.45. The third-order valence-corrected chi connectivity index (χ3v) is 6.86. The molecule has 2 aliphatic heterocycles. The average molecular weight is 514 g/mol. The summed E-state index contributed by atoms with van der Waals surface area (Å²) >= 11 is 6.45. The van der Waals surface area contributed by atoms with Gasteiger partial charge in [0.25, 0.3) is 0 Å². The van der Waals surface area contributed by atoms with E-state index in [9.17, 15) is 8.42 Å². The van der Waals surface area contributed by atoms with Crippen LogP contribution in [0.1, 0.15) is 17.0 Å². The number of aromatic amines is 1. The fourth-order valence-electron chi connectivity index (χ4n) is 4.09. The predicted octanol–water partition coefficient (Wildman–Crippen LogP) is 2.42. The molecule has 2 N–H and O–H groups in total. The number of sulfonamides is 1. The first-order chi connectivity index (χ1) is 16.9. The molecule has 0 bridgehead atoms. The lowest BCUT2D eigenvalue weighted by Crippen LogP contribution is -2.46. The van der Waals surface area contributed by atoms with Crippen molar-refractivity contribution >= 4 is 44.5 Å². The minimum atomic E-state index is -3.29. The molecular formula is C24H26ClN6O3S+. The number of morpholine rings is 1. The number of anilines is 1. The summed E-state index contributed by atoms with van der Waals surface area (Å²) in [6, 6.07) is 15.7. The van der Waals surface area contributed by atoms with Gasteiger partial charge in [-0.15, -0.1) is 0 Å². The predicted molar refractivity (Wildman–Crippen MR) is 136 cm³/mol. The molecule has 0 amide bonds. The van der Waals surface area contributed by atoms with Crippen LogP contribution in [0.5, 0.6) is 0 Å². The summed E-state index contributed by atoms with van der Waals surface area (Å²) in [5.74, 6) is 1.25. The van der Waals surface area contributed by atoms with E-state index in [-0.39, 0.29) is 6.54 Å². The maximum atomic E-state index is 11.5. The summed E-state index contributed by atoms with van der Waals surface area (Å²) in [5.41, 5.74) is 4.43. The van der Waals surface area contributed by atoms with Crippen LogP contribution in [0.25, 0.3) is 0 Å². The third kappa shape index (κ3) is 5.62. The number of ether oxygens (including phenoxy) is 1. The van der Waals surface area contributed by atoms with Crippen molar-refractivity contribution in [1.29, 1.82) is 0 Å². The number of nitrogens with zero attached hydrogens (tertiary/aromatic N) is 4. The number of imidazole rings is 1. The topological polar surface area (TPSA) is 103 Å². The second-order valence-corrected chi connectivity index (χ2v) is 10.7. The molecular weight excluding hydrogens is 488 g/mol. The summed E-state index contributed by atoms with van der Waals surface area (Å²) in [6.07, 6.45) is 2.86. The van der Waals surface area contributed by atoms with Crippen LogP contribution in [-0.2, 0) is 27.8 Å². The van der Waals surface area contributed by atoms with Gasteiger partial charge in [0.15, 0.2) is 0 Å². The number of halogens is 1. The highest BCUT2D eigenvalue weighted by Gasteiger charge is 2.29. The Bertz CT molecular complexity index is 1390. The summed E-state index contributed by atoms with van der Waals surface area (Å²) in [5, 5.41) is 0.553. The molecule has 1 fully saturated rings. The fraction of sp³-hybridized carbons (Fsp3) is 0.292. The third-order valence-electron chi connectivity index (χ3n) is 5.88. The normalized spacial score (nSPS) is 17.4. The molecule has 35 heavy (non-hydrogen) atoms. The van der Waals surface area contributed by atoms with Crippen LogP contribution in [0, 0.1) is 0 Å². The molecule has 11 heteroatoms. The SMILES string of the molecule is CS(=O)(=O)NCc1cccc(C2=NC(=Nc3ccc(N4CCOCC4)cc3)c3[nH]cc(Cl)[n+]3C2)c1. The van der Waals surface area contributed by atoms with E-state index in [0.29, 0.717) is 17.5 Å². The van der Waals surface area contributed by atoms with Gasteiger partial charge in [-0.3, -0.25) is 0 Å². The molecule has 0 spiro atoms. The van der Waals surface area contributed by atoms with Gasteiger partial charge in [0.1, 0.15) is 12.7 Å². The number of nitrogens with one attached hydrogen (secondary N) is 2. The number of amidine groups is 1. The van der Waals surface area contributed by atoms with E-state index in [1.165, 1.54) is 0 Å². The van der Waals surface area contributed by atoms with Gasteiger partial charge in [-0.2, -0.15) is 0 Å². The Labute approximate surface area is 209 Å². The van der Waals surface area contributed by atoms with E-state index in [1.54, 1.807) is 6.20 Å². The van der Waals surface area contributed by atoms with E-state index in [0.717, 1.165) is 66.6 Å². The van der Waals surface area contributed by atoms with Crippen LogP contribution in [-0.4, -0.2) is 57.5 Å². The van der Waals surface area contributed by atoms with Gasteiger partial charge in [0.05, 0.1) is 30.9 Å². The fourth-order valence-corrected chi connectivity index (χ4v) is 4.71. The Kier molecular flexibility index (Phi) is 6.70. The van der Waals surface area contributed by atoms with Crippen molar-refractivity contribution in [3.05, 3.63) is 76.8 Å². The van der Waals surface area contributed by atoms with Crippen LogP contribution in [0.4, 0.5) is 11.4 Å². The first-order valence-electron chi connectivity index (χ1n) is 11.3. The zero-order chi connectivity index (χ0) is 24.4. The minimum absolute atomic E-state index is 0.208. The number of hydrogen-bond acceptors (Lipinski definition) is 5. The van der Waals surface area contributed by atoms with E-state index in [4.69, 9.17) is 26.3 Å². The lowest BCUT2D eigenvalue weighted by molar-refractivity contribution is -0.680. The highest BCUT2D eigenvalue weighted by Crippen LogP contribution is 2.23. The largest absolute Gasteiger partial charge is 0.378 e. The molecule has 0 aliphatic carbocycles. The number of H-pyrrole nitrogens is 1. The highest BCUT2D eigenvalue weighted by molar-refractivity contribution is 7.88. The van der Waals surface area contributed by atoms with Crippen molar-refractivity contribution in [2.24, 2.45) is 9.98 Å². The summed E-state index contributed by atoms with van der Waals surface area (Å²) in [4.78, 5) is 15.1. The number of hydrogen-bond donors (Lipinski definition) is 2. The first kappa shape index (κ1) is 23.7. The van der Waals surface area contributed by atoms with Crippen molar-refractivity contribution in [2.45, 2.75) is 13.1 Å². The Morgan fingerprint density at radius 2 is 1.97 bits per heavy atom. The molecule has 0 atom stereocenters. The standard InChI is InChI=1S/C24H25ClN6O3S/c1-35(32,33)27-14-17-3-2-4-18(13-17)21-16-31-22(25)15-26-24(31)23(29-21)28-19-5-7-20(8-6-19)30-9-11-34-12-10-30/h2-8,13,15,27H,9-12,14,16H2,1H3/p+1. The van der Waals surface area contributed by atoms with Crippen LogP contribution in [0.2, 0.25) is 5.15 Å². The molecule has 182 valence electrons. The highest BCUT2D eigenvalue weighted by atomic mass is 35.5. The van der Waals surface area contributed by atoms with E-state index in [2.05, 4.69) is 26.7 Å². The Hall–Kier alpha value is -3.05. The van der Waals surface area contributed by atoms with Crippen molar-refractivity contribution in [3.8, 4) is 0 Å². The Morgan fingerprint density at radius 1 is 1.20 bits per heavy atom. The lowest BCUT2D eigenvalue weighted by atomic mass is 10.1. The molecule has 3 aromatic rings. The minimum Gasteiger partial charge on any atom is -0.378 e. The number of aromatic nitrogens is 2. The maximum Gasteiger partial charge on any atom is 0.326 e. The zero-order valence-corrected chi connectivity index (χ0v) is 20.8. The number of rotatable bonds is 6. The molecule has 2 aliphatic rings. The van der Waals surface area contributed by atoms with Crippen LogP contribution < -0.4 is 14.2 Å². The maximum absolute atomic E-state index is 11.5. The van der Waals surface area contributed by atoms with Gasteiger partial charge >= 0.3 is 5.82 Å². The molecule has 9 nitrogen and oxygen atoms in total. The van der Waals surface area contributed by atoms with Gasteiger partial charge in [0.2, 0.25) is 21.0 Å². The van der Waals surface area contributed by atoms with E-state index >= 15 is 0 Å². The average Bonchev–Trinajstić information content (AvgIpc) is 3.24. The summed E-state index contributed by atoms with van der Waals surface area (Å²) in [7, 11) is -3.29. The van der Waals surface area contributed by atoms with Gasteiger partial charge in [-0.1, -0.05) is 18.2 Å². The lowest BCUT2D eigenvalue weighted by Gasteiger charge is -2.28. The monoisotopic (exact) mass is 513 g/mol. The zero-order valence-electron chi connectivity index (χ0n) is 19.2. The Morgan fingerprint density at radius 3 is 2.71 bits per heavy atom. The van der Waals surface area contributed by atoms with Gasteiger partial charge in [-0.25, -0.2) is 32.7 Å². The molecule has 0 unspecified atom stereocenters.